The number of aliphatic hydroxyl groups excluding tert-OH is 1. The quantitative estimate of drug-likeness (QED) is 0.828. The van der Waals surface area contributed by atoms with Gasteiger partial charge in [0.15, 0.2) is 0 Å². The lowest BCUT2D eigenvalue weighted by molar-refractivity contribution is 0.298. The van der Waals surface area contributed by atoms with Gasteiger partial charge in [-0.1, -0.05) is 12.1 Å². The normalized spacial score (nSPS) is 12.9. The molecule has 0 heterocycles. The first kappa shape index (κ1) is 13.9. The first-order chi connectivity index (χ1) is 7.99. The maximum absolute atomic E-state index is 14.0. The van der Waals surface area contributed by atoms with Crippen LogP contribution in [0.1, 0.15) is 32.4 Å². The maximum Gasteiger partial charge on any atom is 0.146 e. The summed E-state index contributed by atoms with van der Waals surface area (Å²) >= 11 is 0. The minimum absolute atomic E-state index is 0.00902. The van der Waals surface area contributed by atoms with Crippen molar-refractivity contribution in [2.75, 3.05) is 18.1 Å². The molecule has 1 rings (SSSR count). The average molecular weight is 240 g/mol. The third-order valence-corrected chi connectivity index (χ3v) is 2.76. The van der Waals surface area contributed by atoms with Crippen LogP contribution in [-0.4, -0.2) is 24.3 Å². The summed E-state index contributed by atoms with van der Waals surface area (Å²) in [6, 6.07) is 4.79. The van der Waals surface area contributed by atoms with E-state index in [0.29, 0.717) is 12.2 Å². The third-order valence-electron chi connectivity index (χ3n) is 2.76. The van der Waals surface area contributed by atoms with Crippen molar-refractivity contribution < 1.29 is 9.50 Å². The highest BCUT2D eigenvalue weighted by Gasteiger charge is 2.19. The third kappa shape index (κ3) is 3.17. The molecule has 0 radical (unpaired) electrons. The van der Waals surface area contributed by atoms with Crippen molar-refractivity contribution in [3.05, 3.63) is 29.6 Å². The zero-order valence-electron chi connectivity index (χ0n) is 10.7. The Hall–Kier alpha value is -1.13. The maximum atomic E-state index is 14.0. The molecule has 1 aromatic carbocycles. The molecule has 96 valence electrons. The lowest BCUT2D eigenvalue weighted by atomic mass is 10.0. The molecule has 0 saturated heterocycles. The van der Waals surface area contributed by atoms with Gasteiger partial charge in [0.25, 0.3) is 0 Å². The van der Waals surface area contributed by atoms with Crippen LogP contribution in [0.25, 0.3) is 0 Å². The van der Waals surface area contributed by atoms with Crippen molar-refractivity contribution in [3.8, 4) is 0 Å². The Labute approximate surface area is 102 Å². The van der Waals surface area contributed by atoms with Crippen molar-refractivity contribution in [3.63, 3.8) is 0 Å². The first-order valence-corrected chi connectivity index (χ1v) is 5.90. The van der Waals surface area contributed by atoms with E-state index in [9.17, 15) is 4.39 Å². The molecule has 3 nitrogen and oxygen atoms in total. The van der Waals surface area contributed by atoms with Gasteiger partial charge in [-0.15, -0.1) is 0 Å². The fourth-order valence-corrected chi connectivity index (χ4v) is 1.94. The van der Waals surface area contributed by atoms with E-state index in [1.165, 1.54) is 6.07 Å². The molecule has 0 aromatic heterocycles. The Kier molecular flexibility index (Phi) is 4.90. The highest BCUT2D eigenvalue weighted by Crippen LogP contribution is 2.29. The molecule has 0 saturated carbocycles. The number of aliphatic hydroxyl groups is 1. The molecule has 0 aliphatic rings. The van der Waals surface area contributed by atoms with Gasteiger partial charge in [-0.2, -0.15) is 0 Å². The van der Waals surface area contributed by atoms with Gasteiger partial charge in [0.2, 0.25) is 0 Å². The summed E-state index contributed by atoms with van der Waals surface area (Å²) in [6.07, 6.45) is 0. The SMILES string of the molecule is CC(C)N(CCO)c1c(F)cccc1[C@H](C)N. The number of halogens is 1. The summed E-state index contributed by atoms with van der Waals surface area (Å²) in [4.78, 5) is 1.84. The smallest absolute Gasteiger partial charge is 0.146 e. The summed E-state index contributed by atoms with van der Waals surface area (Å²) in [6.45, 7) is 6.15. The van der Waals surface area contributed by atoms with Crippen LogP contribution in [0.2, 0.25) is 0 Å². The van der Waals surface area contributed by atoms with E-state index in [4.69, 9.17) is 10.8 Å². The molecule has 1 atom stereocenters. The van der Waals surface area contributed by atoms with Crippen molar-refractivity contribution >= 4 is 5.69 Å². The van der Waals surface area contributed by atoms with Gasteiger partial charge in [0.1, 0.15) is 5.82 Å². The minimum Gasteiger partial charge on any atom is -0.395 e. The Morgan fingerprint density at radius 1 is 1.35 bits per heavy atom. The Bertz CT molecular complexity index is 366. The van der Waals surface area contributed by atoms with E-state index in [0.717, 1.165) is 5.56 Å². The molecule has 0 bridgehead atoms. The Morgan fingerprint density at radius 2 is 2.00 bits per heavy atom. The summed E-state index contributed by atoms with van der Waals surface area (Å²) in [5.41, 5.74) is 7.14. The number of benzene rings is 1. The van der Waals surface area contributed by atoms with Crippen LogP contribution in [0.3, 0.4) is 0 Å². The van der Waals surface area contributed by atoms with E-state index in [-0.39, 0.29) is 24.5 Å². The second-order valence-corrected chi connectivity index (χ2v) is 4.48. The monoisotopic (exact) mass is 240 g/mol. The fourth-order valence-electron chi connectivity index (χ4n) is 1.94. The van der Waals surface area contributed by atoms with E-state index in [1.54, 1.807) is 6.07 Å². The molecule has 0 spiro atoms. The molecule has 0 aliphatic heterocycles. The lowest BCUT2D eigenvalue weighted by Crippen LogP contribution is -2.35. The van der Waals surface area contributed by atoms with Crippen LogP contribution in [0.4, 0.5) is 10.1 Å². The number of nitrogens with two attached hydrogens (primary N) is 1. The molecule has 0 unspecified atom stereocenters. The zero-order chi connectivity index (χ0) is 13.0. The van der Waals surface area contributed by atoms with Gasteiger partial charge < -0.3 is 15.7 Å². The number of anilines is 1. The predicted molar refractivity (Wildman–Crippen MR) is 68.6 cm³/mol. The van der Waals surface area contributed by atoms with Crippen LogP contribution in [0, 0.1) is 5.82 Å². The van der Waals surface area contributed by atoms with Crippen LogP contribution >= 0.6 is 0 Å². The fraction of sp³-hybridized carbons (Fsp3) is 0.538. The Balaban J connectivity index is 3.25. The first-order valence-electron chi connectivity index (χ1n) is 5.90. The number of nitrogens with zero attached hydrogens (tertiary/aromatic N) is 1. The molecule has 4 heteroatoms. The van der Waals surface area contributed by atoms with E-state index < -0.39 is 0 Å². The molecular formula is C13H21FN2O. The molecule has 0 amide bonds. The topological polar surface area (TPSA) is 49.5 Å². The molecule has 0 fully saturated rings. The highest BCUT2D eigenvalue weighted by atomic mass is 19.1. The van der Waals surface area contributed by atoms with Gasteiger partial charge in [-0.3, -0.25) is 0 Å². The summed E-state index contributed by atoms with van der Waals surface area (Å²) < 4.78 is 14.0. The zero-order valence-corrected chi connectivity index (χ0v) is 10.7. The number of rotatable bonds is 5. The molecular weight excluding hydrogens is 219 g/mol. The van der Waals surface area contributed by atoms with Gasteiger partial charge >= 0.3 is 0 Å². The average Bonchev–Trinajstić information content (AvgIpc) is 2.25. The van der Waals surface area contributed by atoms with E-state index in [1.807, 2.05) is 31.7 Å². The minimum atomic E-state index is -0.290. The van der Waals surface area contributed by atoms with Gasteiger partial charge in [0, 0.05) is 18.6 Å². The molecule has 0 aliphatic carbocycles. The van der Waals surface area contributed by atoms with Crippen LogP contribution in [-0.2, 0) is 0 Å². The highest BCUT2D eigenvalue weighted by molar-refractivity contribution is 5.56. The second kappa shape index (κ2) is 5.98. The Morgan fingerprint density at radius 3 is 2.47 bits per heavy atom. The van der Waals surface area contributed by atoms with Crippen LogP contribution < -0.4 is 10.6 Å². The van der Waals surface area contributed by atoms with Gasteiger partial charge in [-0.05, 0) is 32.4 Å². The number of hydrogen-bond acceptors (Lipinski definition) is 3. The van der Waals surface area contributed by atoms with Crippen LogP contribution in [0.15, 0.2) is 18.2 Å². The van der Waals surface area contributed by atoms with Crippen molar-refractivity contribution in [2.45, 2.75) is 32.9 Å². The van der Waals surface area contributed by atoms with E-state index in [2.05, 4.69) is 0 Å². The van der Waals surface area contributed by atoms with Crippen molar-refractivity contribution in [1.82, 2.24) is 0 Å². The van der Waals surface area contributed by atoms with Gasteiger partial charge in [0.05, 0.1) is 12.3 Å². The summed E-state index contributed by atoms with van der Waals surface area (Å²) in [7, 11) is 0. The second-order valence-electron chi connectivity index (χ2n) is 4.48. The van der Waals surface area contributed by atoms with Crippen molar-refractivity contribution in [2.24, 2.45) is 5.73 Å². The summed E-state index contributed by atoms with van der Waals surface area (Å²) in [5, 5.41) is 9.07. The molecule has 17 heavy (non-hydrogen) atoms. The molecule has 3 N–H and O–H groups in total. The van der Waals surface area contributed by atoms with E-state index >= 15 is 0 Å². The lowest BCUT2D eigenvalue weighted by Gasteiger charge is -2.31. The number of para-hydroxylation sites is 1. The number of hydrogen-bond donors (Lipinski definition) is 2. The van der Waals surface area contributed by atoms with Gasteiger partial charge in [-0.25, -0.2) is 4.39 Å². The largest absolute Gasteiger partial charge is 0.395 e. The van der Waals surface area contributed by atoms with Crippen LogP contribution in [0.5, 0.6) is 0 Å². The standard InChI is InChI=1S/C13H21FN2O/c1-9(2)16(7-8-17)13-11(10(3)15)5-4-6-12(13)14/h4-6,9-10,17H,7-8,15H2,1-3H3/t10-/m0/s1. The molecule has 1 aromatic rings. The van der Waals surface area contributed by atoms with Crippen molar-refractivity contribution in [1.29, 1.82) is 0 Å². The summed E-state index contributed by atoms with van der Waals surface area (Å²) in [5.74, 6) is -0.290. The predicted octanol–water partition coefficient (Wildman–Crippen LogP) is 2.05.